The van der Waals surface area contributed by atoms with Crippen LogP contribution in [0, 0.1) is 0 Å². The zero-order valence-corrected chi connectivity index (χ0v) is 14.7. The molecule has 0 amide bonds. The maximum Gasteiger partial charge on any atom is 0.0209 e. The lowest BCUT2D eigenvalue weighted by molar-refractivity contribution is 0.225. The summed E-state index contributed by atoms with van der Waals surface area (Å²) in [7, 11) is 0. The summed E-state index contributed by atoms with van der Waals surface area (Å²) >= 11 is 0. The van der Waals surface area contributed by atoms with E-state index in [0.717, 1.165) is 19.6 Å². The molecule has 2 fully saturated rings. The maximum atomic E-state index is 3.83. The van der Waals surface area contributed by atoms with Crippen LogP contribution in [0.5, 0.6) is 0 Å². The molecule has 0 aromatic carbocycles. The fraction of sp³-hybridized carbons (Fsp3) is 1.00. The second-order valence-electron chi connectivity index (χ2n) is 8.70. The van der Waals surface area contributed by atoms with Gasteiger partial charge in [0.15, 0.2) is 0 Å². The van der Waals surface area contributed by atoms with Crippen molar-refractivity contribution in [2.45, 2.75) is 89.5 Å². The van der Waals surface area contributed by atoms with Gasteiger partial charge in [-0.3, -0.25) is 0 Å². The summed E-state index contributed by atoms with van der Waals surface area (Å²) in [5.41, 5.74) is 0.439. The average molecular weight is 297 g/mol. The van der Waals surface area contributed by atoms with E-state index in [0.29, 0.717) is 18.1 Å². The van der Waals surface area contributed by atoms with Gasteiger partial charge in [-0.15, -0.1) is 0 Å². The molecule has 0 aromatic rings. The largest absolute Gasteiger partial charge is 0.315 e. The minimum Gasteiger partial charge on any atom is -0.315 e. The molecule has 0 aromatic heterocycles. The van der Waals surface area contributed by atoms with Gasteiger partial charge in [0, 0.05) is 42.3 Å². The summed E-state index contributed by atoms with van der Waals surface area (Å²) in [6, 6.07) is 1.93. The molecule has 4 nitrogen and oxygen atoms in total. The van der Waals surface area contributed by atoms with Gasteiger partial charge in [-0.2, -0.15) is 0 Å². The summed E-state index contributed by atoms with van der Waals surface area (Å²) in [5.74, 6) is 0. The van der Waals surface area contributed by atoms with Crippen LogP contribution in [-0.4, -0.2) is 48.8 Å². The van der Waals surface area contributed by atoms with Crippen molar-refractivity contribution in [1.82, 2.24) is 21.3 Å². The molecule has 4 N–H and O–H groups in total. The normalized spacial score (nSPS) is 31.6. The summed E-state index contributed by atoms with van der Waals surface area (Å²) in [6.45, 7) is 14.8. The Kier molecular flexibility index (Phi) is 5.69. The monoisotopic (exact) mass is 296 g/mol. The van der Waals surface area contributed by atoms with E-state index in [-0.39, 0.29) is 11.1 Å². The molecule has 124 valence electrons. The average Bonchev–Trinajstić information content (AvgIpc) is 2.81. The molecule has 2 aliphatic rings. The van der Waals surface area contributed by atoms with E-state index < -0.39 is 0 Å². The van der Waals surface area contributed by atoms with Crippen molar-refractivity contribution in [3.63, 3.8) is 0 Å². The first-order valence-corrected chi connectivity index (χ1v) is 8.73. The molecule has 2 rings (SSSR count). The smallest absolute Gasteiger partial charge is 0.0209 e. The highest BCUT2D eigenvalue weighted by molar-refractivity contribution is 4.93. The van der Waals surface area contributed by atoms with Crippen molar-refractivity contribution in [1.29, 1.82) is 0 Å². The molecule has 4 heteroatoms. The van der Waals surface area contributed by atoms with E-state index >= 15 is 0 Å². The second-order valence-corrected chi connectivity index (χ2v) is 8.70. The number of hydrogen-bond acceptors (Lipinski definition) is 4. The zero-order valence-electron chi connectivity index (χ0n) is 14.7. The molecule has 2 heterocycles. The maximum absolute atomic E-state index is 3.83. The van der Waals surface area contributed by atoms with Crippen molar-refractivity contribution >= 4 is 0 Å². The van der Waals surface area contributed by atoms with Gasteiger partial charge in [-0.05, 0) is 66.8 Å². The van der Waals surface area contributed by atoms with Gasteiger partial charge in [0.2, 0.25) is 0 Å². The Hall–Kier alpha value is -0.160. The number of nitrogens with one attached hydrogen (secondary N) is 4. The van der Waals surface area contributed by atoms with Crippen molar-refractivity contribution in [3.05, 3.63) is 0 Å². The summed E-state index contributed by atoms with van der Waals surface area (Å²) in [5, 5.41) is 14.7. The molecule has 21 heavy (non-hydrogen) atoms. The predicted molar refractivity (Wildman–Crippen MR) is 90.8 cm³/mol. The molecule has 2 saturated heterocycles. The van der Waals surface area contributed by atoms with Crippen molar-refractivity contribution in [2.75, 3.05) is 19.6 Å². The third kappa shape index (κ3) is 6.23. The van der Waals surface area contributed by atoms with E-state index in [1.807, 2.05) is 0 Å². The summed E-state index contributed by atoms with van der Waals surface area (Å²) in [4.78, 5) is 0. The molecule has 2 aliphatic heterocycles. The lowest BCUT2D eigenvalue weighted by Crippen LogP contribution is -2.56. The molecule has 0 spiro atoms. The van der Waals surface area contributed by atoms with Gasteiger partial charge in [-0.25, -0.2) is 0 Å². The second kappa shape index (κ2) is 6.95. The Labute approximate surface area is 131 Å². The lowest BCUT2D eigenvalue weighted by atomic mass is 9.88. The van der Waals surface area contributed by atoms with Crippen LogP contribution in [0.4, 0.5) is 0 Å². The van der Waals surface area contributed by atoms with Crippen molar-refractivity contribution in [2.24, 2.45) is 0 Å². The van der Waals surface area contributed by atoms with Crippen molar-refractivity contribution in [3.8, 4) is 0 Å². The highest BCUT2D eigenvalue weighted by atomic mass is 15.1. The Balaban J connectivity index is 1.72. The van der Waals surface area contributed by atoms with Crippen LogP contribution in [0.1, 0.15) is 60.3 Å². The molecule has 0 radical (unpaired) electrons. The van der Waals surface area contributed by atoms with Crippen LogP contribution in [-0.2, 0) is 0 Å². The van der Waals surface area contributed by atoms with Gasteiger partial charge >= 0.3 is 0 Å². The van der Waals surface area contributed by atoms with Crippen LogP contribution in [0.15, 0.2) is 0 Å². The highest BCUT2D eigenvalue weighted by Crippen LogP contribution is 2.21. The Bertz CT molecular complexity index is 307. The summed E-state index contributed by atoms with van der Waals surface area (Å²) < 4.78 is 0. The molecular formula is C17H36N4. The fourth-order valence-electron chi connectivity index (χ4n) is 3.83. The Morgan fingerprint density at radius 1 is 0.905 bits per heavy atom. The SMILES string of the molecule is CC(C)(C)NC1CCC(CC(C)(C)NC2CCNC2)NC1. The van der Waals surface area contributed by atoms with Crippen LogP contribution in [0.25, 0.3) is 0 Å². The topological polar surface area (TPSA) is 48.1 Å². The zero-order chi connectivity index (χ0) is 15.5. The Morgan fingerprint density at radius 2 is 1.62 bits per heavy atom. The molecule has 0 bridgehead atoms. The van der Waals surface area contributed by atoms with E-state index in [1.54, 1.807) is 0 Å². The standard InChI is InChI=1S/C17H36N4/c1-16(2,3)20-14-7-6-13(19-12-14)10-17(4,5)21-15-8-9-18-11-15/h13-15,18-21H,6-12H2,1-5H3. The number of hydrogen-bond donors (Lipinski definition) is 4. The van der Waals surface area contributed by atoms with Crippen LogP contribution < -0.4 is 21.3 Å². The van der Waals surface area contributed by atoms with Crippen LogP contribution in [0.3, 0.4) is 0 Å². The third-order valence-corrected chi connectivity index (χ3v) is 4.57. The number of rotatable bonds is 5. The fourth-order valence-corrected chi connectivity index (χ4v) is 3.83. The van der Waals surface area contributed by atoms with E-state index in [1.165, 1.54) is 25.7 Å². The third-order valence-electron chi connectivity index (χ3n) is 4.57. The van der Waals surface area contributed by atoms with Crippen LogP contribution in [0.2, 0.25) is 0 Å². The number of piperidine rings is 1. The Morgan fingerprint density at radius 3 is 2.14 bits per heavy atom. The first-order valence-electron chi connectivity index (χ1n) is 8.73. The predicted octanol–water partition coefficient (Wildman–Crippen LogP) is 1.62. The summed E-state index contributed by atoms with van der Waals surface area (Å²) in [6.07, 6.45) is 5.04. The van der Waals surface area contributed by atoms with Crippen LogP contribution >= 0.6 is 0 Å². The molecule has 0 saturated carbocycles. The van der Waals surface area contributed by atoms with Gasteiger partial charge in [0.1, 0.15) is 0 Å². The minimum absolute atomic E-state index is 0.218. The van der Waals surface area contributed by atoms with Gasteiger partial charge in [0.05, 0.1) is 0 Å². The molecule has 0 aliphatic carbocycles. The molecular weight excluding hydrogens is 260 g/mol. The van der Waals surface area contributed by atoms with E-state index in [9.17, 15) is 0 Å². The van der Waals surface area contributed by atoms with Gasteiger partial charge in [-0.1, -0.05) is 0 Å². The minimum atomic E-state index is 0.218. The first kappa shape index (κ1) is 17.2. The quantitative estimate of drug-likeness (QED) is 0.623. The highest BCUT2D eigenvalue weighted by Gasteiger charge is 2.30. The first-order chi connectivity index (χ1) is 9.73. The van der Waals surface area contributed by atoms with Gasteiger partial charge < -0.3 is 21.3 Å². The van der Waals surface area contributed by atoms with Crippen molar-refractivity contribution < 1.29 is 0 Å². The van der Waals surface area contributed by atoms with Gasteiger partial charge in [0.25, 0.3) is 0 Å². The lowest BCUT2D eigenvalue weighted by Gasteiger charge is -2.39. The van der Waals surface area contributed by atoms with E-state index in [2.05, 4.69) is 55.9 Å². The van der Waals surface area contributed by atoms with E-state index in [4.69, 9.17) is 0 Å². The molecule has 3 unspecified atom stereocenters. The molecule has 3 atom stereocenters.